The summed E-state index contributed by atoms with van der Waals surface area (Å²) in [7, 11) is -7.23. The van der Waals surface area contributed by atoms with Crippen LogP contribution in [0, 0.1) is 30.9 Å². The van der Waals surface area contributed by atoms with Crippen LogP contribution < -0.4 is 0 Å². The Balaban J connectivity index is 0.000000183. The van der Waals surface area contributed by atoms with E-state index in [1.807, 2.05) is 37.4 Å². The average Bonchev–Trinajstić information content (AvgIpc) is 4.10. The third-order valence-electron chi connectivity index (χ3n) is 13.0. The van der Waals surface area contributed by atoms with E-state index < -0.39 is 26.8 Å². The Morgan fingerprint density at radius 2 is 1.25 bits per heavy atom. The average molecular weight is 1010 g/mol. The highest BCUT2D eigenvalue weighted by molar-refractivity contribution is 9.11. The second-order valence-electron chi connectivity index (χ2n) is 20.0. The summed E-state index contributed by atoms with van der Waals surface area (Å²) in [5, 5.41) is 2.58. The Morgan fingerprint density at radius 3 is 1.75 bits per heavy atom. The molecule has 2 heterocycles. The molecular weight excluding hydrogens is 949 g/mol. The molecule has 2 aromatic heterocycles. The largest absolute Gasteiger partial charge is 0.416 e. The fourth-order valence-electron chi connectivity index (χ4n) is 6.06. The van der Waals surface area contributed by atoms with E-state index in [1.54, 1.807) is 30.3 Å². The first-order chi connectivity index (χ1) is 28.2. The summed E-state index contributed by atoms with van der Waals surface area (Å²) in [4.78, 5) is 10.2. The van der Waals surface area contributed by atoms with E-state index in [0.717, 1.165) is 56.8 Å². The van der Waals surface area contributed by atoms with Crippen LogP contribution in [-0.4, -0.2) is 54.4 Å². The zero-order valence-electron chi connectivity index (χ0n) is 37.6. The van der Waals surface area contributed by atoms with E-state index in [9.17, 15) is 8.42 Å². The van der Waals surface area contributed by atoms with E-state index in [1.165, 1.54) is 18.4 Å². The number of nitrogens with zero attached hydrogens (tertiary/aromatic N) is 3. The lowest BCUT2D eigenvalue weighted by Crippen LogP contribution is -2.42. The highest BCUT2D eigenvalue weighted by Gasteiger charge is 2.48. The van der Waals surface area contributed by atoms with Gasteiger partial charge in [-0.2, -0.15) is 8.42 Å². The van der Waals surface area contributed by atoms with Gasteiger partial charge in [0.2, 0.25) is 0 Å². The number of H-pyrrole nitrogens is 1. The molecular formula is C47H62Br2N4O5SSi2. The molecule has 9 nitrogen and oxygen atoms in total. The summed E-state index contributed by atoms with van der Waals surface area (Å²) in [6.07, 6.45) is 8.43. The monoisotopic (exact) mass is 1010 g/mol. The fourth-order valence-corrected chi connectivity index (χ4v) is 10.3. The molecule has 61 heavy (non-hydrogen) atoms. The van der Waals surface area contributed by atoms with Crippen LogP contribution in [0.3, 0.4) is 0 Å². The van der Waals surface area contributed by atoms with Gasteiger partial charge in [0.25, 0.3) is 10.1 Å². The molecule has 0 saturated heterocycles. The third-order valence-corrected chi connectivity index (χ3v) is 24.6. The lowest BCUT2D eigenvalue weighted by molar-refractivity contribution is 0.154. The number of hydrogen-bond donors (Lipinski definition) is 1. The van der Waals surface area contributed by atoms with Crippen molar-refractivity contribution in [3.05, 3.63) is 110 Å². The lowest BCUT2D eigenvalue weighted by atomic mass is 10.1. The Morgan fingerprint density at radius 1 is 0.738 bits per heavy atom. The van der Waals surface area contributed by atoms with Gasteiger partial charge >= 0.3 is 0 Å². The smallest absolute Gasteiger partial charge is 0.296 e. The summed E-state index contributed by atoms with van der Waals surface area (Å²) in [5.74, 6) is 0. The number of aryl methyl sites for hydroxylation is 1. The topological polar surface area (TPSA) is 91.3 Å². The molecule has 0 atom stereocenters. The number of aromatic nitrogens is 2. The highest BCUT2D eigenvalue weighted by Crippen LogP contribution is 2.51. The van der Waals surface area contributed by atoms with Gasteiger partial charge < -0.3 is 18.4 Å². The summed E-state index contributed by atoms with van der Waals surface area (Å²) in [5.41, 5.74) is 4.77. The molecule has 2 aliphatic rings. The molecule has 2 aliphatic carbocycles. The summed E-state index contributed by atoms with van der Waals surface area (Å²) >= 11 is 7.05. The van der Waals surface area contributed by atoms with Gasteiger partial charge in [0, 0.05) is 73.7 Å². The minimum atomic E-state index is -3.70. The summed E-state index contributed by atoms with van der Waals surface area (Å²) in [6, 6.07) is 18.3. The summed E-state index contributed by atoms with van der Waals surface area (Å²) in [6.45, 7) is 41.2. The van der Waals surface area contributed by atoms with Crippen molar-refractivity contribution < 1.29 is 21.5 Å². The maximum absolute atomic E-state index is 12.3. The molecule has 3 aromatic carbocycles. The van der Waals surface area contributed by atoms with Gasteiger partial charge in [0.1, 0.15) is 0 Å². The first kappa shape index (κ1) is 49.0. The van der Waals surface area contributed by atoms with Crippen LogP contribution in [0.25, 0.3) is 31.5 Å². The van der Waals surface area contributed by atoms with Gasteiger partial charge in [-0.25, -0.2) is 9.69 Å². The molecule has 0 aliphatic heterocycles. The van der Waals surface area contributed by atoms with Gasteiger partial charge in [0.05, 0.1) is 24.6 Å². The summed E-state index contributed by atoms with van der Waals surface area (Å²) < 4.78 is 47.2. The molecule has 0 bridgehead atoms. The predicted octanol–water partition coefficient (Wildman–Crippen LogP) is 14.7. The molecule has 1 N–H and O–H groups in total. The maximum Gasteiger partial charge on any atom is 0.296 e. The Bertz CT molecular complexity index is 2530. The number of rotatable bonds is 12. The highest BCUT2D eigenvalue weighted by atomic mass is 79.9. The predicted molar refractivity (Wildman–Crippen MR) is 262 cm³/mol. The number of nitrogens with one attached hydrogen (secondary N) is 1. The van der Waals surface area contributed by atoms with E-state index in [0.29, 0.717) is 18.0 Å². The number of benzene rings is 3. The van der Waals surface area contributed by atoms with E-state index >= 15 is 0 Å². The molecule has 14 heteroatoms. The molecule has 0 spiro atoms. The van der Waals surface area contributed by atoms with Crippen molar-refractivity contribution in [2.75, 3.05) is 19.8 Å². The molecule has 0 amide bonds. The van der Waals surface area contributed by atoms with Gasteiger partial charge in [-0.05, 0) is 137 Å². The molecule has 5 aromatic rings. The second-order valence-corrected chi connectivity index (χ2v) is 33.0. The van der Waals surface area contributed by atoms with Crippen LogP contribution in [0.15, 0.2) is 86.9 Å². The van der Waals surface area contributed by atoms with Crippen molar-refractivity contribution in [1.82, 2.24) is 9.55 Å². The number of fused-ring (bicyclic) bond motifs is 2. The SMILES string of the molecule is Cc1ccc(S(=O)(=O)OCC2(CO[Si](C)(C)C(C)(C)C)CC2)cc1.[C-]#[N+]c1ccc2[nH]cc(Br)c2c1.[C-]#[N+]c1ccc2c(c1)c(Br)cn2CC1(CO[Si](C)(C)C(C)(C)C)CC1. The van der Waals surface area contributed by atoms with Crippen molar-refractivity contribution in [1.29, 1.82) is 0 Å². The van der Waals surface area contributed by atoms with Crippen LogP contribution in [0.5, 0.6) is 0 Å². The first-order valence-corrected chi connectivity index (χ1v) is 29.6. The quantitative estimate of drug-likeness (QED) is 0.0764. The van der Waals surface area contributed by atoms with Crippen molar-refractivity contribution in [2.45, 2.75) is 122 Å². The molecule has 0 radical (unpaired) electrons. The van der Waals surface area contributed by atoms with Crippen LogP contribution in [-0.2, 0) is 29.7 Å². The Hall–Kier alpha value is -3.06. The number of halogens is 2. The Kier molecular flexibility index (Phi) is 14.9. The van der Waals surface area contributed by atoms with Crippen LogP contribution in [0.2, 0.25) is 36.3 Å². The zero-order chi connectivity index (χ0) is 45.2. The van der Waals surface area contributed by atoms with E-state index in [2.05, 4.69) is 131 Å². The second kappa shape index (κ2) is 18.6. The van der Waals surface area contributed by atoms with Crippen LogP contribution in [0.4, 0.5) is 11.4 Å². The maximum atomic E-state index is 12.3. The number of aromatic amines is 1. The standard InChI is InChI=1S/C20H27BrN2OSi.C18H30O4SSi.C9H5BrN2/c1-19(2,3)25(5,6)24-14-20(9-10-20)13-23-12-17(21)16-11-15(22-4)7-8-18(16)23;1-15-7-9-16(10-8-15)23(19,20)21-13-18(11-12-18)14-22-24(5,6)17(2,3)4;1-11-6-2-3-9-7(4-6)8(10)5-12-9/h7-8,11-12H,9-10,13-14H2,1-3,5-6H3;7-10H,11-14H2,1-6H3;2-5,12H. The minimum absolute atomic E-state index is 0.132. The minimum Gasteiger partial charge on any atom is -0.416 e. The van der Waals surface area contributed by atoms with Crippen LogP contribution >= 0.6 is 31.9 Å². The van der Waals surface area contributed by atoms with Gasteiger partial charge in [-0.1, -0.05) is 71.4 Å². The van der Waals surface area contributed by atoms with Crippen molar-refractivity contribution in [3.8, 4) is 0 Å². The van der Waals surface area contributed by atoms with Crippen molar-refractivity contribution in [2.24, 2.45) is 10.8 Å². The molecule has 2 saturated carbocycles. The fraction of sp³-hybridized carbons (Fsp3) is 0.489. The third kappa shape index (κ3) is 12.4. The number of hydrogen-bond acceptors (Lipinski definition) is 5. The van der Waals surface area contributed by atoms with Gasteiger partial charge in [-0.15, -0.1) is 0 Å². The molecule has 7 rings (SSSR count). The molecule has 0 unspecified atom stereocenters. The van der Waals surface area contributed by atoms with E-state index in [-0.39, 0.29) is 32.4 Å². The van der Waals surface area contributed by atoms with E-state index in [4.69, 9.17) is 26.2 Å². The Labute approximate surface area is 383 Å². The van der Waals surface area contributed by atoms with Crippen LogP contribution in [0.1, 0.15) is 72.8 Å². The van der Waals surface area contributed by atoms with Gasteiger partial charge in [0.15, 0.2) is 28.0 Å². The van der Waals surface area contributed by atoms with Crippen molar-refractivity contribution >= 4 is 91.8 Å². The molecule has 328 valence electrons. The lowest BCUT2D eigenvalue weighted by Gasteiger charge is -2.37. The zero-order valence-corrected chi connectivity index (χ0v) is 43.6. The molecule has 2 fully saturated rings. The first-order valence-electron chi connectivity index (χ1n) is 20.8. The van der Waals surface area contributed by atoms with Crippen molar-refractivity contribution in [3.63, 3.8) is 0 Å². The normalized spacial score (nSPS) is 15.9. The van der Waals surface area contributed by atoms with Gasteiger partial charge in [-0.3, -0.25) is 4.18 Å².